The minimum Gasteiger partial charge on any atom is -0.490 e. The van der Waals surface area contributed by atoms with Gasteiger partial charge in [-0.2, -0.15) is 10.1 Å². The number of hydrogen-bond donors (Lipinski definition) is 3. The van der Waals surface area contributed by atoms with Crippen LogP contribution in [-0.2, 0) is 17.1 Å². The summed E-state index contributed by atoms with van der Waals surface area (Å²) in [6.07, 6.45) is 5.21. The summed E-state index contributed by atoms with van der Waals surface area (Å²) in [6, 6.07) is 12.6. The van der Waals surface area contributed by atoms with Crippen LogP contribution in [-0.4, -0.2) is 39.0 Å². The van der Waals surface area contributed by atoms with Gasteiger partial charge in [-0.3, -0.25) is 9.40 Å². The van der Waals surface area contributed by atoms with Crippen molar-refractivity contribution < 1.29 is 13.2 Å². The highest BCUT2D eigenvalue weighted by atomic mass is 35.5. The van der Waals surface area contributed by atoms with Crippen LogP contribution in [0.1, 0.15) is 34.6 Å². The number of sulfonamides is 1. The molecule has 0 saturated carbocycles. The monoisotopic (exact) mass is 569 g/mol. The first-order valence-electron chi connectivity index (χ1n) is 12.3. The van der Waals surface area contributed by atoms with Gasteiger partial charge in [0.25, 0.3) is 0 Å². The summed E-state index contributed by atoms with van der Waals surface area (Å²) >= 11 is 6.36. The molecule has 39 heavy (non-hydrogen) atoms. The lowest BCUT2D eigenvalue weighted by Crippen LogP contribution is -2.33. The topological polar surface area (TPSA) is 123 Å². The number of halogens is 1. The van der Waals surface area contributed by atoms with Crippen LogP contribution in [0.25, 0.3) is 11.1 Å². The minimum atomic E-state index is -3.53. The maximum absolute atomic E-state index is 12.4. The van der Waals surface area contributed by atoms with Crippen molar-refractivity contribution in [1.29, 1.82) is 0 Å². The van der Waals surface area contributed by atoms with Crippen molar-refractivity contribution in [3.63, 3.8) is 0 Å². The number of rotatable bonds is 9. The van der Waals surface area contributed by atoms with Gasteiger partial charge < -0.3 is 15.4 Å². The molecule has 0 saturated heterocycles. The van der Waals surface area contributed by atoms with Crippen molar-refractivity contribution in [2.24, 2.45) is 7.05 Å². The van der Waals surface area contributed by atoms with Crippen LogP contribution in [0, 0.1) is 0 Å². The summed E-state index contributed by atoms with van der Waals surface area (Å²) in [6.45, 7) is 8.86. The summed E-state index contributed by atoms with van der Waals surface area (Å²) in [5.41, 5.74) is 3.75. The molecule has 2 aromatic carbocycles. The van der Waals surface area contributed by atoms with Gasteiger partial charge in [0.15, 0.2) is 5.82 Å². The van der Waals surface area contributed by atoms with Crippen LogP contribution in [0.2, 0.25) is 5.02 Å². The molecular formula is C27H32ClN7O3S. The van der Waals surface area contributed by atoms with E-state index in [0.717, 1.165) is 16.8 Å². The number of aryl methyl sites for hydroxylation is 1. The Balaban J connectivity index is 1.52. The zero-order valence-corrected chi connectivity index (χ0v) is 24.2. The highest BCUT2D eigenvalue weighted by Gasteiger charge is 2.28. The molecular weight excluding hydrogens is 538 g/mol. The number of hydrogen-bond acceptors (Lipinski definition) is 8. The molecule has 0 radical (unpaired) electrons. The average molecular weight is 570 g/mol. The molecule has 3 N–H and O–H groups in total. The van der Waals surface area contributed by atoms with Gasteiger partial charge in [-0.05, 0) is 71.0 Å². The molecule has 0 aliphatic heterocycles. The first-order valence-corrected chi connectivity index (χ1v) is 14.2. The lowest BCUT2D eigenvalue weighted by atomic mass is 10.1. The molecule has 0 bridgehead atoms. The Labute approximate surface area is 233 Å². The largest absolute Gasteiger partial charge is 0.490 e. The van der Waals surface area contributed by atoms with Crippen LogP contribution in [0.15, 0.2) is 61.1 Å². The predicted octanol–water partition coefficient (Wildman–Crippen LogP) is 6.35. The highest BCUT2D eigenvalue weighted by Crippen LogP contribution is 2.34. The molecule has 0 aliphatic carbocycles. The standard InChI is InChI=1S/C27H32ClN7O3S/c1-17(2)38-24-13-21(11-12-22(24)18-14-30-35(6)16-18)32-26-29-15-23(28)25(33-26)31-19-7-9-20(10-8-19)34-39(36,37)27(3,4)5/h7-17,34H,1-6H3,(H2,29,31,32,33). The van der Waals surface area contributed by atoms with Gasteiger partial charge in [0.05, 0.1) is 23.2 Å². The summed E-state index contributed by atoms with van der Waals surface area (Å²) in [7, 11) is -1.66. The Kier molecular flexibility index (Phi) is 8.03. The smallest absolute Gasteiger partial charge is 0.237 e. The zero-order valence-electron chi connectivity index (χ0n) is 22.7. The van der Waals surface area contributed by atoms with Gasteiger partial charge in [-0.25, -0.2) is 13.4 Å². The van der Waals surface area contributed by atoms with E-state index in [2.05, 4.69) is 30.4 Å². The van der Waals surface area contributed by atoms with E-state index < -0.39 is 14.8 Å². The Hall–Kier alpha value is -3.83. The van der Waals surface area contributed by atoms with Crippen LogP contribution >= 0.6 is 11.6 Å². The Bertz CT molecular complexity index is 1560. The van der Waals surface area contributed by atoms with Gasteiger partial charge in [-0.1, -0.05) is 11.6 Å². The number of aromatic nitrogens is 4. The van der Waals surface area contributed by atoms with Crippen LogP contribution in [0.5, 0.6) is 5.75 Å². The van der Waals surface area contributed by atoms with E-state index >= 15 is 0 Å². The summed E-state index contributed by atoms with van der Waals surface area (Å²) in [5, 5.41) is 10.9. The second-order valence-corrected chi connectivity index (χ2v) is 13.1. The van der Waals surface area contributed by atoms with Crippen LogP contribution in [0.3, 0.4) is 0 Å². The van der Waals surface area contributed by atoms with Crippen molar-refractivity contribution in [2.45, 2.75) is 45.5 Å². The summed E-state index contributed by atoms with van der Waals surface area (Å²) in [5.74, 6) is 1.43. The quantitative estimate of drug-likeness (QED) is 0.213. The fourth-order valence-corrected chi connectivity index (χ4v) is 4.35. The molecule has 12 heteroatoms. The number of ether oxygens (including phenoxy) is 1. The second kappa shape index (κ2) is 11.1. The first kappa shape index (κ1) is 28.2. The van der Waals surface area contributed by atoms with Crippen molar-refractivity contribution in [1.82, 2.24) is 19.7 Å². The Morgan fingerprint density at radius 3 is 2.26 bits per heavy atom. The third-order valence-corrected chi connectivity index (χ3v) is 7.96. The third-order valence-electron chi connectivity index (χ3n) is 5.57. The summed E-state index contributed by atoms with van der Waals surface area (Å²) < 4.78 is 34.3. The lowest BCUT2D eigenvalue weighted by molar-refractivity contribution is 0.243. The third kappa shape index (κ3) is 6.98. The van der Waals surface area contributed by atoms with E-state index in [1.54, 1.807) is 55.9 Å². The van der Waals surface area contributed by atoms with Gasteiger partial charge in [0, 0.05) is 47.5 Å². The highest BCUT2D eigenvalue weighted by molar-refractivity contribution is 7.94. The van der Waals surface area contributed by atoms with E-state index in [-0.39, 0.29) is 6.10 Å². The Morgan fingerprint density at radius 2 is 1.64 bits per heavy atom. The fourth-order valence-electron chi connectivity index (χ4n) is 3.46. The Morgan fingerprint density at radius 1 is 0.974 bits per heavy atom. The molecule has 0 fully saturated rings. The molecule has 0 spiro atoms. The van der Waals surface area contributed by atoms with Crippen molar-refractivity contribution in [3.05, 3.63) is 66.1 Å². The molecule has 2 heterocycles. The maximum atomic E-state index is 12.4. The van der Waals surface area contributed by atoms with E-state index in [1.807, 2.05) is 45.3 Å². The molecule has 4 rings (SSSR count). The van der Waals surface area contributed by atoms with E-state index in [1.165, 1.54) is 6.20 Å². The van der Waals surface area contributed by atoms with Gasteiger partial charge in [-0.15, -0.1) is 0 Å². The molecule has 0 amide bonds. The SMILES string of the molecule is CC(C)Oc1cc(Nc2ncc(Cl)c(Nc3ccc(NS(=O)(=O)C(C)(C)C)cc3)n2)ccc1-c1cnn(C)c1. The van der Waals surface area contributed by atoms with Crippen LogP contribution in [0.4, 0.5) is 28.8 Å². The lowest BCUT2D eigenvalue weighted by Gasteiger charge is -2.20. The van der Waals surface area contributed by atoms with E-state index in [0.29, 0.717) is 33.9 Å². The number of anilines is 5. The number of nitrogens with one attached hydrogen (secondary N) is 3. The van der Waals surface area contributed by atoms with E-state index in [4.69, 9.17) is 16.3 Å². The van der Waals surface area contributed by atoms with Gasteiger partial charge >= 0.3 is 0 Å². The second-order valence-electron chi connectivity index (χ2n) is 10.2. The molecule has 0 unspecified atom stereocenters. The maximum Gasteiger partial charge on any atom is 0.237 e. The summed E-state index contributed by atoms with van der Waals surface area (Å²) in [4.78, 5) is 8.82. The molecule has 2 aromatic heterocycles. The van der Waals surface area contributed by atoms with Crippen molar-refractivity contribution in [3.8, 4) is 16.9 Å². The average Bonchev–Trinajstić information content (AvgIpc) is 3.27. The minimum absolute atomic E-state index is 0.0200. The van der Waals surface area contributed by atoms with Gasteiger partial charge in [0.2, 0.25) is 16.0 Å². The molecule has 0 aliphatic rings. The first-order chi connectivity index (χ1) is 18.3. The zero-order chi connectivity index (χ0) is 28.4. The van der Waals surface area contributed by atoms with E-state index in [9.17, 15) is 8.42 Å². The van der Waals surface area contributed by atoms with Crippen LogP contribution < -0.4 is 20.1 Å². The fraction of sp³-hybridized carbons (Fsp3) is 0.296. The van der Waals surface area contributed by atoms with Gasteiger partial charge in [0.1, 0.15) is 10.8 Å². The normalized spacial score (nSPS) is 11.9. The molecule has 206 valence electrons. The number of nitrogens with zero attached hydrogens (tertiary/aromatic N) is 4. The predicted molar refractivity (Wildman–Crippen MR) is 157 cm³/mol. The van der Waals surface area contributed by atoms with Crippen molar-refractivity contribution >= 4 is 50.5 Å². The number of benzene rings is 2. The molecule has 0 atom stereocenters. The van der Waals surface area contributed by atoms with Crippen molar-refractivity contribution in [2.75, 3.05) is 15.4 Å². The molecule has 10 nitrogen and oxygen atoms in total. The molecule has 4 aromatic rings.